The quantitative estimate of drug-likeness (QED) is 0.721. The molecule has 0 aliphatic carbocycles. The van der Waals surface area contributed by atoms with Gasteiger partial charge >= 0.3 is 0 Å². The summed E-state index contributed by atoms with van der Waals surface area (Å²) in [6.07, 6.45) is 0. The number of rotatable bonds is 1. The lowest BCUT2D eigenvalue weighted by Gasteiger charge is -2.36. The molecule has 2 nitrogen and oxygen atoms in total. The summed E-state index contributed by atoms with van der Waals surface area (Å²) in [6, 6.07) is 0. The predicted octanol–water partition coefficient (Wildman–Crippen LogP) is 3.52. The summed E-state index contributed by atoms with van der Waals surface area (Å²) in [4.78, 5) is 0. The third-order valence-electron chi connectivity index (χ3n) is 2.81. The Bertz CT molecular complexity index is 299. The molecule has 1 heterocycles. The summed E-state index contributed by atoms with van der Waals surface area (Å²) in [5, 5.41) is 8.93. The topological polar surface area (TPSA) is 25.8 Å². The van der Waals surface area contributed by atoms with Gasteiger partial charge in [-0.15, -0.1) is 10.2 Å². The van der Waals surface area contributed by atoms with Crippen molar-refractivity contribution in [3.05, 3.63) is 9.47 Å². The van der Waals surface area contributed by atoms with E-state index in [-0.39, 0.29) is 10.8 Å². The molecule has 0 amide bonds. The lowest BCUT2D eigenvalue weighted by atomic mass is 9.70. The number of hydrogen-bond donors (Lipinski definition) is 0. The Morgan fingerprint density at radius 3 is 1.92 bits per heavy atom. The summed E-state index contributed by atoms with van der Waals surface area (Å²) in [6.45, 7) is 10.9. The van der Waals surface area contributed by atoms with Crippen LogP contribution < -0.4 is 0 Å². The summed E-state index contributed by atoms with van der Waals surface area (Å²) in [7, 11) is 0. The molecule has 0 aliphatic heterocycles. The van der Waals surface area contributed by atoms with Crippen LogP contribution in [0.4, 0.5) is 0 Å². The van der Waals surface area contributed by atoms with Crippen LogP contribution in [0.15, 0.2) is 0 Å². The molecule has 1 aromatic heterocycles. The molecule has 0 unspecified atom stereocenters. The fourth-order valence-corrected chi connectivity index (χ4v) is 1.92. The molecule has 0 aromatic carbocycles. The predicted molar refractivity (Wildman–Crippen MR) is 57.4 cm³/mol. The van der Waals surface area contributed by atoms with E-state index >= 15 is 0 Å². The van der Waals surface area contributed by atoms with Crippen molar-refractivity contribution in [2.75, 3.05) is 0 Å². The first-order valence-corrected chi connectivity index (χ1v) is 5.44. The maximum atomic E-state index is 5.76. The second kappa shape index (κ2) is 3.21. The molecular formula is C9H15ClN2S. The Morgan fingerprint density at radius 2 is 1.62 bits per heavy atom. The zero-order valence-electron chi connectivity index (χ0n) is 8.68. The molecule has 74 valence electrons. The molecule has 1 aromatic rings. The molecule has 1 rings (SSSR count). The highest BCUT2D eigenvalue weighted by atomic mass is 35.5. The smallest absolute Gasteiger partial charge is 0.142 e. The largest absolute Gasteiger partial charge is 0.207 e. The van der Waals surface area contributed by atoms with E-state index in [0.717, 1.165) is 5.01 Å². The van der Waals surface area contributed by atoms with E-state index in [1.54, 1.807) is 0 Å². The highest BCUT2D eigenvalue weighted by Gasteiger charge is 2.37. The fraction of sp³-hybridized carbons (Fsp3) is 0.778. The van der Waals surface area contributed by atoms with Crippen molar-refractivity contribution in [2.24, 2.45) is 5.41 Å². The minimum Gasteiger partial charge on any atom is -0.142 e. The summed E-state index contributed by atoms with van der Waals surface area (Å²) < 4.78 is 0.521. The van der Waals surface area contributed by atoms with E-state index in [9.17, 15) is 0 Å². The third kappa shape index (κ3) is 2.02. The molecule has 0 saturated heterocycles. The Labute approximate surface area is 88.3 Å². The average molecular weight is 219 g/mol. The van der Waals surface area contributed by atoms with Crippen LogP contribution in [-0.4, -0.2) is 10.2 Å². The molecule has 13 heavy (non-hydrogen) atoms. The molecule has 0 N–H and O–H groups in total. The van der Waals surface area contributed by atoms with Crippen LogP contribution in [0.1, 0.15) is 39.6 Å². The van der Waals surface area contributed by atoms with Crippen LogP contribution in [0.3, 0.4) is 0 Å². The number of hydrogen-bond acceptors (Lipinski definition) is 3. The lowest BCUT2D eigenvalue weighted by molar-refractivity contribution is 0.224. The normalized spacial score (nSPS) is 13.4. The second-order valence-electron chi connectivity index (χ2n) is 4.74. The standard InChI is InChI=1S/C9H15ClN2S/c1-8(2,3)9(4,5)6-11-12-7(10)13-6/h1-5H3. The first-order chi connectivity index (χ1) is 5.75. The van der Waals surface area contributed by atoms with Crippen molar-refractivity contribution in [3.8, 4) is 0 Å². The SMILES string of the molecule is CC(C)(C)C(C)(C)c1nnc(Cl)s1. The minimum atomic E-state index is 0.0117. The second-order valence-corrected chi connectivity index (χ2v) is 6.29. The zero-order valence-corrected chi connectivity index (χ0v) is 10.3. The number of halogens is 1. The molecule has 4 heteroatoms. The van der Waals surface area contributed by atoms with E-state index < -0.39 is 0 Å². The average Bonchev–Trinajstić information content (AvgIpc) is 2.33. The van der Waals surface area contributed by atoms with Crippen molar-refractivity contribution < 1.29 is 0 Å². The third-order valence-corrected chi connectivity index (χ3v) is 4.15. The van der Waals surface area contributed by atoms with Gasteiger partial charge in [-0.25, -0.2) is 0 Å². The van der Waals surface area contributed by atoms with Crippen molar-refractivity contribution in [3.63, 3.8) is 0 Å². The lowest BCUT2D eigenvalue weighted by Crippen LogP contribution is -2.33. The van der Waals surface area contributed by atoms with Crippen LogP contribution in [0.25, 0.3) is 0 Å². The van der Waals surface area contributed by atoms with Crippen LogP contribution >= 0.6 is 22.9 Å². The molecule has 0 aliphatic rings. The number of nitrogens with zero attached hydrogens (tertiary/aromatic N) is 2. The fourth-order valence-electron chi connectivity index (χ4n) is 0.779. The zero-order chi connectivity index (χ0) is 10.3. The van der Waals surface area contributed by atoms with E-state index in [1.807, 2.05) is 0 Å². The summed E-state index contributed by atoms with van der Waals surface area (Å²) in [5.74, 6) is 0. The van der Waals surface area contributed by atoms with Crippen LogP contribution in [0.5, 0.6) is 0 Å². The van der Waals surface area contributed by atoms with E-state index in [0.29, 0.717) is 4.47 Å². The molecule has 0 atom stereocenters. The maximum absolute atomic E-state index is 5.76. The molecule has 0 saturated carbocycles. The van der Waals surface area contributed by atoms with E-state index in [1.165, 1.54) is 11.3 Å². The van der Waals surface area contributed by atoms with Crippen LogP contribution in [0, 0.1) is 5.41 Å². The monoisotopic (exact) mass is 218 g/mol. The van der Waals surface area contributed by atoms with Gasteiger partial charge in [0.05, 0.1) is 0 Å². The minimum absolute atomic E-state index is 0.0117. The van der Waals surface area contributed by atoms with Gasteiger partial charge in [0.2, 0.25) is 4.47 Å². The van der Waals surface area contributed by atoms with Crippen LogP contribution in [-0.2, 0) is 5.41 Å². The highest BCUT2D eigenvalue weighted by Crippen LogP contribution is 2.42. The Morgan fingerprint density at radius 1 is 1.08 bits per heavy atom. The first-order valence-electron chi connectivity index (χ1n) is 4.24. The molecule has 0 fully saturated rings. The van der Waals surface area contributed by atoms with Gasteiger partial charge < -0.3 is 0 Å². The first kappa shape index (κ1) is 10.9. The Kier molecular flexibility index (Phi) is 2.70. The van der Waals surface area contributed by atoms with Gasteiger partial charge in [-0.3, -0.25) is 0 Å². The van der Waals surface area contributed by atoms with Gasteiger partial charge in [0.25, 0.3) is 0 Å². The van der Waals surface area contributed by atoms with Gasteiger partial charge in [0, 0.05) is 5.41 Å². The molecule has 0 radical (unpaired) electrons. The van der Waals surface area contributed by atoms with Gasteiger partial charge in [-0.05, 0) is 17.0 Å². The summed E-state index contributed by atoms with van der Waals surface area (Å²) in [5.41, 5.74) is 0.174. The molecular weight excluding hydrogens is 204 g/mol. The Balaban J connectivity index is 3.07. The summed E-state index contributed by atoms with van der Waals surface area (Å²) >= 11 is 7.23. The van der Waals surface area contributed by atoms with Gasteiger partial charge in [0.15, 0.2) is 0 Å². The van der Waals surface area contributed by atoms with E-state index in [2.05, 4.69) is 44.8 Å². The van der Waals surface area contributed by atoms with Crippen molar-refractivity contribution in [2.45, 2.75) is 40.0 Å². The highest BCUT2D eigenvalue weighted by molar-refractivity contribution is 7.15. The van der Waals surface area contributed by atoms with Gasteiger partial charge in [0.1, 0.15) is 5.01 Å². The van der Waals surface area contributed by atoms with Gasteiger partial charge in [-0.2, -0.15) is 0 Å². The maximum Gasteiger partial charge on any atom is 0.207 e. The van der Waals surface area contributed by atoms with Crippen molar-refractivity contribution >= 4 is 22.9 Å². The van der Waals surface area contributed by atoms with E-state index in [4.69, 9.17) is 11.6 Å². The molecule has 0 spiro atoms. The number of aromatic nitrogens is 2. The molecule has 0 bridgehead atoms. The van der Waals surface area contributed by atoms with Crippen molar-refractivity contribution in [1.29, 1.82) is 0 Å². The Hall–Kier alpha value is -0.150. The van der Waals surface area contributed by atoms with Crippen LogP contribution in [0.2, 0.25) is 4.47 Å². The van der Waals surface area contributed by atoms with Gasteiger partial charge in [-0.1, -0.05) is 46.0 Å². The van der Waals surface area contributed by atoms with Crippen molar-refractivity contribution in [1.82, 2.24) is 10.2 Å².